The van der Waals surface area contributed by atoms with Crippen LogP contribution in [0.1, 0.15) is 37.8 Å². The molecule has 96 valence electrons. The zero-order valence-corrected chi connectivity index (χ0v) is 10.0. The maximum Gasteiger partial charge on any atom is 0.421 e. The van der Waals surface area contributed by atoms with Crippen molar-refractivity contribution < 1.29 is 18.3 Å². The van der Waals surface area contributed by atoms with E-state index in [0.717, 1.165) is 31.7 Å². The van der Waals surface area contributed by atoms with Crippen molar-refractivity contribution in [2.75, 3.05) is 0 Å². The lowest BCUT2D eigenvalue weighted by Crippen LogP contribution is -2.39. The van der Waals surface area contributed by atoms with Crippen LogP contribution in [0.3, 0.4) is 0 Å². The summed E-state index contributed by atoms with van der Waals surface area (Å²) in [5, 5.41) is 9.46. The van der Waals surface area contributed by atoms with E-state index in [-0.39, 0.29) is 5.56 Å². The zero-order valence-electron chi connectivity index (χ0n) is 10.0. The van der Waals surface area contributed by atoms with Gasteiger partial charge in [0.1, 0.15) is 0 Å². The minimum atomic E-state index is -4.65. The van der Waals surface area contributed by atoms with E-state index in [2.05, 4.69) is 6.92 Å². The Morgan fingerprint density at radius 3 is 2.06 bits per heavy atom. The quantitative estimate of drug-likeness (QED) is 0.856. The van der Waals surface area contributed by atoms with E-state index in [0.29, 0.717) is 0 Å². The Kier molecular flexibility index (Phi) is 4.20. The molecule has 0 heterocycles. The lowest BCUT2D eigenvalue weighted by Gasteiger charge is -2.26. The molecule has 0 radical (unpaired) electrons. The number of benzene rings is 1. The standard InChI is InChI=1S/C13H17F3O/c1-3-4-5-10-6-8-11(9-7-10)12(2,17)13(14,15)16/h6-9,17H,3-5H2,1-2H3. The summed E-state index contributed by atoms with van der Waals surface area (Å²) in [4.78, 5) is 0. The minimum absolute atomic E-state index is 0.120. The Morgan fingerprint density at radius 2 is 1.65 bits per heavy atom. The van der Waals surface area contributed by atoms with Crippen LogP contribution >= 0.6 is 0 Å². The summed E-state index contributed by atoms with van der Waals surface area (Å²) >= 11 is 0. The molecule has 1 nitrogen and oxygen atoms in total. The van der Waals surface area contributed by atoms with Gasteiger partial charge in [0.25, 0.3) is 0 Å². The first kappa shape index (κ1) is 14.0. The van der Waals surface area contributed by atoms with Gasteiger partial charge in [-0.25, -0.2) is 0 Å². The van der Waals surface area contributed by atoms with Crippen molar-refractivity contribution in [2.24, 2.45) is 0 Å². The number of hydrogen-bond donors (Lipinski definition) is 1. The van der Waals surface area contributed by atoms with Gasteiger partial charge in [0.05, 0.1) is 0 Å². The molecule has 1 aromatic rings. The van der Waals surface area contributed by atoms with Crippen LogP contribution in [0.15, 0.2) is 24.3 Å². The van der Waals surface area contributed by atoms with E-state index >= 15 is 0 Å². The van der Waals surface area contributed by atoms with E-state index in [4.69, 9.17) is 0 Å². The van der Waals surface area contributed by atoms with Crippen molar-refractivity contribution >= 4 is 0 Å². The third kappa shape index (κ3) is 3.22. The Labute approximate surface area is 99.3 Å². The largest absolute Gasteiger partial charge is 0.421 e. The lowest BCUT2D eigenvalue weighted by molar-refractivity contribution is -0.258. The summed E-state index contributed by atoms with van der Waals surface area (Å²) in [7, 11) is 0. The maximum absolute atomic E-state index is 12.6. The zero-order chi connectivity index (χ0) is 13.1. The average Bonchev–Trinajstić information content (AvgIpc) is 2.25. The van der Waals surface area contributed by atoms with Crippen LogP contribution < -0.4 is 0 Å². The van der Waals surface area contributed by atoms with Crippen molar-refractivity contribution in [1.29, 1.82) is 0 Å². The van der Waals surface area contributed by atoms with Gasteiger partial charge in [-0.3, -0.25) is 0 Å². The van der Waals surface area contributed by atoms with Gasteiger partial charge in [0.15, 0.2) is 5.60 Å². The summed E-state index contributed by atoms with van der Waals surface area (Å²) in [5.74, 6) is 0. The van der Waals surface area contributed by atoms with Crippen molar-refractivity contribution in [2.45, 2.75) is 44.9 Å². The second kappa shape index (κ2) is 5.08. The van der Waals surface area contributed by atoms with Gasteiger partial charge in [-0.2, -0.15) is 13.2 Å². The molecule has 4 heteroatoms. The van der Waals surface area contributed by atoms with Crippen LogP contribution in [0.4, 0.5) is 13.2 Å². The van der Waals surface area contributed by atoms with E-state index in [9.17, 15) is 18.3 Å². The van der Waals surface area contributed by atoms with Gasteiger partial charge in [-0.1, -0.05) is 37.6 Å². The summed E-state index contributed by atoms with van der Waals surface area (Å²) in [6, 6.07) is 5.98. The highest BCUT2D eigenvalue weighted by Crippen LogP contribution is 2.38. The van der Waals surface area contributed by atoms with Crippen molar-refractivity contribution in [3.63, 3.8) is 0 Å². The topological polar surface area (TPSA) is 20.2 Å². The number of aliphatic hydroxyl groups is 1. The van der Waals surface area contributed by atoms with Crippen LogP contribution in [0, 0.1) is 0 Å². The molecular formula is C13H17F3O. The van der Waals surface area contributed by atoms with Crippen LogP contribution in [-0.2, 0) is 12.0 Å². The van der Waals surface area contributed by atoms with Crippen LogP contribution in [-0.4, -0.2) is 11.3 Å². The van der Waals surface area contributed by atoms with Crippen molar-refractivity contribution in [3.05, 3.63) is 35.4 Å². The average molecular weight is 246 g/mol. The molecule has 0 saturated heterocycles. The fourth-order valence-electron chi connectivity index (χ4n) is 1.54. The molecule has 0 bridgehead atoms. The second-order valence-electron chi connectivity index (χ2n) is 4.37. The maximum atomic E-state index is 12.6. The van der Waals surface area contributed by atoms with Gasteiger partial charge in [0.2, 0.25) is 0 Å². The Hall–Kier alpha value is -1.03. The van der Waals surface area contributed by atoms with E-state index in [1.165, 1.54) is 12.1 Å². The molecular weight excluding hydrogens is 229 g/mol. The third-order valence-electron chi connectivity index (χ3n) is 2.89. The highest BCUT2D eigenvalue weighted by atomic mass is 19.4. The molecule has 0 spiro atoms. The molecule has 1 aromatic carbocycles. The predicted molar refractivity (Wildman–Crippen MR) is 60.7 cm³/mol. The molecule has 0 aliphatic rings. The van der Waals surface area contributed by atoms with Crippen LogP contribution in [0.5, 0.6) is 0 Å². The van der Waals surface area contributed by atoms with E-state index in [1.807, 2.05) is 0 Å². The monoisotopic (exact) mass is 246 g/mol. The molecule has 0 amide bonds. The summed E-state index contributed by atoms with van der Waals surface area (Å²) in [5.41, 5.74) is -1.91. The molecule has 0 saturated carbocycles. The van der Waals surface area contributed by atoms with Gasteiger partial charge in [-0.15, -0.1) is 0 Å². The van der Waals surface area contributed by atoms with Crippen LogP contribution in [0.25, 0.3) is 0 Å². The normalized spacial score (nSPS) is 15.6. The number of halogens is 3. The lowest BCUT2D eigenvalue weighted by atomic mass is 9.94. The number of rotatable bonds is 4. The smallest absolute Gasteiger partial charge is 0.376 e. The Bertz CT molecular complexity index is 352. The molecule has 0 aliphatic carbocycles. The first-order valence-corrected chi connectivity index (χ1v) is 5.67. The SMILES string of the molecule is CCCCc1ccc(C(C)(O)C(F)(F)F)cc1. The Balaban J connectivity index is 2.87. The fraction of sp³-hybridized carbons (Fsp3) is 0.538. The second-order valence-corrected chi connectivity index (χ2v) is 4.37. The molecule has 1 unspecified atom stereocenters. The molecule has 0 aliphatic heterocycles. The fourth-order valence-corrected chi connectivity index (χ4v) is 1.54. The van der Waals surface area contributed by atoms with E-state index in [1.54, 1.807) is 12.1 Å². The first-order valence-electron chi connectivity index (χ1n) is 5.67. The Morgan fingerprint density at radius 1 is 1.12 bits per heavy atom. The molecule has 17 heavy (non-hydrogen) atoms. The summed E-state index contributed by atoms with van der Waals surface area (Å²) < 4.78 is 37.7. The molecule has 0 aromatic heterocycles. The minimum Gasteiger partial charge on any atom is -0.376 e. The molecule has 1 rings (SSSR count). The van der Waals surface area contributed by atoms with Gasteiger partial charge >= 0.3 is 6.18 Å². The van der Waals surface area contributed by atoms with Crippen molar-refractivity contribution in [3.8, 4) is 0 Å². The molecule has 1 atom stereocenters. The predicted octanol–water partition coefficient (Wildman–Crippen LogP) is 3.80. The van der Waals surface area contributed by atoms with E-state index < -0.39 is 11.8 Å². The van der Waals surface area contributed by atoms with Gasteiger partial charge in [0, 0.05) is 0 Å². The van der Waals surface area contributed by atoms with Crippen molar-refractivity contribution in [1.82, 2.24) is 0 Å². The summed E-state index contributed by atoms with van der Waals surface area (Å²) in [6.07, 6.45) is -1.75. The summed E-state index contributed by atoms with van der Waals surface area (Å²) in [6.45, 7) is 2.83. The number of hydrogen-bond acceptors (Lipinski definition) is 1. The van der Waals surface area contributed by atoms with Gasteiger partial charge in [-0.05, 0) is 30.9 Å². The third-order valence-corrected chi connectivity index (χ3v) is 2.89. The first-order chi connectivity index (χ1) is 7.79. The van der Waals surface area contributed by atoms with Gasteiger partial charge < -0.3 is 5.11 Å². The van der Waals surface area contributed by atoms with Crippen LogP contribution in [0.2, 0.25) is 0 Å². The number of aryl methyl sites for hydroxylation is 1. The highest BCUT2D eigenvalue weighted by Gasteiger charge is 2.50. The molecule has 1 N–H and O–H groups in total. The highest BCUT2D eigenvalue weighted by molar-refractivity contribution is 5.28. The number of alkyl halides is 3. The molecule has 0 fully saturated rings. The number of unbranched alkanes of at least 4 members (excludes halogenated alkanes) is 1.